The van der Waals surface area contributed by atoms with Gasteiger partial charge in [-0.1, -0.05) is 78.9 Å². The Kier molecular flexibility index (Phi) is 5.21. The van der Waals surface area contributed by atoms with Gasteiger partial charge >= 0.3 is 0 Å². The molecule has 0 aromatic heterocycles. The fraction of sp³-hybridized carbons (Fsp3) is 0.0385. The van der Waals surface area contributed by atoms with Gasteiger partial charge in [-0.05, 0) is 30.8 Å². The number of thioether (sulfide) groups is 1. The van der Waals surface area contributed by atoms with Crippen LogP contribution in [0.4, 0.5) is 5.69 Å². The average molecular weight is 439 g/mol. The first-order valence-electron chi connectivity index (χ1n) is 10.1. The van der Waals surface area contributed by atoms with Crippen molar-refractivity contribution in [1.29, 1.82) is 0 Å². The Balaban J connectivity index is 1.56. The Morgan fingerprint density at radius 3 is 2.12 bits per heavy atom. The third-order valence-electron chi connectivity index (χ3n) is 5.10. The zero-order valence-electron chi connectivity index (χ0n) is 17.2. The van der Waals surface area contributed by atoms with Crippen LogP contribution < -0.4 is 5.01 Å². The molecule has 32 heavy (non-hydrogen) atoms. The summed E-state index contributed by atoms with van der Waals surface area (Å²) in [5.41, 5.74) is 2.92. The number of rotatable bonds is 4. The van der Waals surface area contributed by atoms with E-state index in [2.05, 4.69) is 5.10 Å². The summed E-state index contributed by atoms with van der Waals surface area (Å²) in [6.45, 7) is 1.77. The molecular formula is C26H18N2O3S. The molecule has 0 N–H and O–H groups in total. The number of ketones is 1. The van der Waals surface area contributed by atoms with Gasteiger partial charge in [-0.2, -0.15) is 10.1 Å². The number of nitrogens with zero attached hydrogens (tertiary/aromatic N) is 2. The van der Waals surface area contributed by atoms with E-state index in [1.165, 1.54) is 16.8 Å². The van der Waals surface area contributed by atoms with Crippen molar-refractivity contribution >= 4 is 40.6 Å². The number of allylic oxidation sites excluding steroid dienone is 1. The number of amides is 1. The number of carbonyl (C=O) groups excluding carboxylic acids is 2. The molecule has 2 aliphatic rings. The molecule has 0 bridgehead atoms. The molecule has 0 saturated carbocycles. The second-order valence-corrected chi connectivity index (χ2v) is 8.21. The maximum absolute atomic E-state index is 13.3. The van der Waals surface area contributed by atoms with Crippen molar-refractivity contribution in [1.82, 2.24) is 0 Å². The van der Waals surface area contributed by atoms with Gasteiger partial charge < -0.3 is 4.74 Å². The van der Waals surface area contributed by atoms with Crippen LogP contribution in [0.15, 0.2) is 112 Å². The predicted octanol–water partition coefficient (Wildman–Crippen LogP) is 5.64. The number of hydrogen-bond acceptors (Lipinski definition) is 5. The zero-order valence-corrected chi connectivity index (χ0v) is 18.0. The molecule has 0 fully saturated rings. The van der Waals surface area contributed by atoms with E-state index < -0.39 is 0 Å². The third-order valence-corrected chi connectivity index (χ3v) is 6.14. The van der Waals surface area contributed by atoms with Crippen LogP contribution in [-0.4, -0.2) is 17.4 Å². The van der Waals surface area contributed by atoms with Crippen LogP contribution in [0.25, 0.3) is 5.76 Å². The van der Waals surface area contributed by atoms with Crippen LogP contribution >= 0.6 is 11.8 Å². The van der Waals surface area contributed by atoms with Crippen molar-refractivity contribution in [3.05, 3.63) is 118 Å². The SMILES string of the molecule is CC1=NN(c2ccccc2)C(=O)C1=C1OC(c2ccccc2)=C(C(=O)c2ccccc2)S1. The number of Topliss-reactive ketones (excluding diaryl/α,β-unsaturated/α-hetero) is 1. The summed E-state index contributed by atoms with van der Waals surface area (Å²) in [7, 11) is 0. The molecule has 156 valence electrons. The van der Waals surface area contributed by atoms with Crippen LogP contribution in [0.1, 0.15) is 22.8 Å². The molecule has 5 rings (SSSR count). The molecule has 0 aliphatic carbocycles. The summed E-state index contributed by atoms with van der Waals surface area (Å²) in [6.07, 6.45) is 0. The summed E-state index contributed by atoms with van der Waals surface area (Å²) in [5.74, 6) is 0.0211. The van der Waals surface area contributed by atoms with Crippen molar-refractivity contribution in [3.8, 4) is 0 Å². The Morgan fingerprint density at radius 2 is 1.47 bits per heavy atom. The van der Waals surface area contributed by atoms with E-state index in [4.69, 9.17) is 4.74 Å². The smallest absolute Gasteiger partial charge is 0.285 e. The fourth-order valence-corrected chi connectivity index (χ4v) is 4.65. The highest BCUT2D eigenvalue weighted by molar-refractivity contribution is 8.08. The highest BCUT2D eigenvalue weighted by atomic mass is 32.2. The molecule has 3 aromatic rings. The van der Waals surface area contributed by atoms with Crippen LogP contribution in [0.2, 0.25) is 0 Å². The summed E-state index contributed by atoms with van der Waals surface area (Å²) in [4.78, 5) is 27.0. The first kappa shape index (κ1) is 20.0. The largest absolute Gasteiger partial charge is 0.447 e. The molecule has 2 heterocycles. The molecule has 0 unspecified atom stereocenters. The van der Waals surface area contributed by atoms with Crippen molar-refractivity contribution < 1.29 is 14.3 Å². The van der Waals surface area contributed by atoms with Crippen LogP contribution in [0.5, 0.6) is 0 Å². The van der Waals surface area contributed by atoms with Crippen LogP contribution in [0.3, 0.4) is 0 Å². The minimum Gasteiger partial charge on any atom is -0.447 e. The van der Waals surface area contributed by atoms with Gasteiger partial charge in [0, 0.05) is 11.1 Å². The molecule has 3 aromatic carbocycles. The monoisotopic (exact) mass is 438 g/mol. The Labute approximate surface area is 189 Å². The number of hydrogen-bond donors (Lipinski definition) is 0. The van der Waals surface area contributed by atoms with Crippen molar-refractivity contribution in [2.45, 2.75) is 6.92 Å². The van der Waals surface area contributed by atoms with Crippen LogP contribution in [-0.2, 0) is 9.53 Å². The van der Waals surface area contributed by atoms with E-state index in [0.717, 1.165) is 5.56 Å². The Morgan fingerprint density at radius 1 is 0.875 bits per heavy atom. The maximum Gasteiger partial charge on any atom is 0.285 e. The highest BCUT2D eigenvalue weighted by Crippen LogP contribution is 2.47. The molecule has 5 nitrogen and oxygen atoms in total. The minimum atomic E-state index is -0.281. The quantitative estimate of drug-likeness (QED) is 0.391. The lowest BCUT2D eigenvalue weighted by molar-refractivity contribution is -0.114. The second-order valence-electron chi connectivity index (χ2n) is 7.22. The molecule has 0 spiro atoms. The van der Waals surface area contributed by atoms with E-state index in [9.17, 15) is 9.59 Å². The second kappa shape index (κ2) is 8.32. The fourth-order valence-electron chi connectivity index (χ4n) is 3.54. The van der Waals surface area contributed by atoms with Gasteiger partial charge in [0.05, 0.1) is 11.4 Å². The molecule has 0 saturated heterocycles. The molecule has 0 radical (unpaired) electrons. The van der Waals surface area contributed by atoms with E-state index in [1.54, 1.807) is 19.1 Å². The highest BCUT2D eigenvalue weighted by Gasteiger charge is 2.38. The van der Waals surface area contributed by atoms with E-state index in [0.29, 0.717) is 38.3 Å². The van der Waals surface area contributed by atoms with Gasteiger partial charge in [0.2, 0.25) is 5.78 Å². The van der Waals surface area contributed by atoms with Crippen molar-refractivity contribution in [2.75, 3.05) is 5.01 Å². The standard InChI is InChI=1S/C26H18N2O3S/c1-17-21(25(30)28(27-17)20-15-9-4-10-16-20)26-31-23(19-13-7-3-8-14-19)24(32-26)22(29)18-11-5-2-6-12-18/h2-16H,1H3. The van der Waals surface area contributed by atoms with Crippen LogP contribution in [0, 0.1) is 0 Å². The molecular weight excluding hydrogens is 420 g/mol. The number of benzene rings is 3. The van der Waals surface area contributed by atoms with Gasteiger partial charge in [0.15, 0.2) is 10.9 Å². The average Bonchev–Trinajstić information content (AvgIpc) is 3.41. The lowest BCUT2D eigenvalue weighted by Gasteiger charge is -2.11. The van der Waals surface area contributed by atoms with Gasteiger partial charge in [-0.15, -0.1) is 0 Å². The number of hydrazone groups is 1. The normalized spacial score (nSPS) is 18.1. The van der Waals surface area contributed by atoms with E-state index >= 15 is 0 Å². The molecule has 1 amide bonds. The molecule has 2 aliphatic heterocycles. The first-order chi connectivity index (χ1) is 15.6. The maximum atomic E-state index is 13.3. The topological polar surface area (TPSA) is 59.0 Å². The van der Waals surface area contributed by atoms with Crippen molar-refractivity contribution in [2.24, 2.45) is 5.10 Å². The summed E-state index contributed by atoms with van der Waals surface area (Å²) in [6, 6.07) is 27.7. The summed E-state index contributed by atoms with van der Waals surface area (Å²) in [5, 5.41) is 6.17. The Hall–Kier alpha value is -3.90. The molecule has 6 heteroatoms. The Bertz CT molecular complexity index is 1300. The van der Waals surface area contributed by atoms with Gasteiger partial charge in [0.25, 0.3) is 5.91 Å². The van der Waals surface area contributed by atoms with Gasteiger partial charge in [-0.3, -0.25) is 9.59 Å². The van der Waals surface area contributed by atoms with E-state index in [-0.39, 0.29) is 11.7 Å². The zero-order chi connectivity index (χ0) is 22.1. The lowest BCUT2D eigenvalue weighted by atomic mass is 10.1. The summed E-state index contributed by atoms with van der Waals surface area (Å²) >= 11 is 1.18. The number of para-hydroxylation sites is 1. The molecule has 0 atom stereocenters. The first-order valence-corrected chi connectivity index (χ1v) is 10.9. The van der Waals surface area contributed by atoms with E-state index in [1.807, 2.05) is 78.9 Å². The number of carbonyl (C=O) groups is 2. The predicted molar refractivity (Wildman–Crippen MR) is 127 cm³/mol. The van der Waals surface area contributed by atoms with Gasteiger partial charge in [-0.25, -0.2) is 0 Å². The minimum absolute atomic E-state index is 0.148. The number of anilines is 1. The lowest BCUT2D eigenvalue weighted by Crippen LogP contribution is -2.22. The summed E-state index contributed by atoms with van der Waals surface area (Å²) < 4.78 is 6.18. The number of ether oxygens (including phenoxy) is 1. The van der Waals surface area contributed by atoms with Crippen molar-refractivity contribution in [3.63, 3.8) is 0 Å². The third kappa shape index (κ3) is 3.55. The van der Waals surface area contributed by atoms with Gasteiger partial charge in [0.1, 0.15) is 10.5 Å².